The molecular weight excluding hydrogens is 381 g/mol. The fraction of sp³-hybridized carbons (Fsp3) is 0.250. The van der Waals surface area contributed by atoms with Crippen molar-refractivity contribution in [2.24, 2.45) is 0 Å². The number of esters is 1. The third-order valence-electron chi connectivity index (χ3n) is 3.53. The standard InChI is InChI=1S/C16H12F5NO3S/c1-5-6(2)26-15(22-7(3)23)9(5)16(24)25-4-8-10(17)12(19)14(21)13(20)11(8)18/h4H2,1-3H3,(H,22,23). The van der Waals surface area contributed by atoms with Crippen LogP contribution in [0.3, 0.4) is 0 Å². The number of amides is 1. The summed E-state index contributed by atoms with van der Waals surface area (Å²) < 4.78 is 71.3. The quantitative estimate of drug-likeness (QED) is 0.363. The van der Waals surface area contributed by atoms with Gasteiger partial charge in [-0.1, -0.05) is 0 Å². The summed E-state index contributed by atoms with van der Waals surface area (Å²) >= 11 is 1.08. The van der Waals surface area contributed by atoms with Gasteiger partial charge >= 0.3 is 5.97 Å². The number of nitrogens with one attached hydrogen (secondary N) is 1. The zero-order chi connectivity index (χ0) is 19.8. The average Bonchev–Trinajstić information content (AvgIpc) is 2.84. The van der Waals surface area contributed by atoms with E-state index in [2.05, 4.69) is 5.32 Å². The lowest BCUT2D eigenvalue weighted by Gasteiger charge is -2.10. The molecule has 2 aromatic rings. The minimum Gasteiger partial charge on any atom is -0.457 e. The summed E-state index contributed by atoms with van der Waals surface area (Å²) in [4.78, 5) is 24.1. The van der Waals surface area contributed by atoms with E-state index < -0.39 is 53.1 Å². The van der Waals surface area contributed by atoms with Crippen LogP contribution in [0.1, 0.15) is 33.3 Å². The van der Waals surface area contributed by atoms with E-state index in [0.29, 0.717) is 10.4 Å². The van der Waals surface area contributed by atoms with Gasteiger partial charge in [-0.15, -0.1) is 11.3 Å². The Balaban J connectivity index is 2.33. The molecule has 0 bridgehead atoms. The number of hydrogen-bond donors (Lipinski definition) is 1. The summed E-state index contributed by atoms with van der Waals surface area (Å²) in [6.07, 6.45) is 0. The first-order chi connectivity index (χ1) is 12.1. The van der Waals surface area contributed by atoms with Crippen LogP contribution in [0.4, 0.5) is 27.0 Å². The van der Waals surface area contributed by atoms with Crippen LogP contribution in [0.2, 0.25) is 0 Å². The number of thiophene rings is 1. The minimum atomic E-state index is -2.30. The third kappa shape index (κ3) is 3.55. The molecule has 0 saturated heterocycles. The molecule has 1 aromatic heterocycles. The predicted octanol–water partition coefficient (Wildman–Crippen LogP) is 4.38. The molecule has 1 heterocycles. The molecule has 0 aliphatic rings. The van der Waals surface area contributed by atoms with Gasteiger partial charge in [0.05, 0.1) is 11.1 Å². The van der Waals surface area contributed by atoms with E-state index in [1.165, 1.54) is 6.92 Å². The fourth-order valence-corrected chi connectivity index (χ4v) is 3.20. The first-order valence-electron chi connectivity index (χ1n) is 7.11. The second-order valence-electron chi connectivity index (χ2n) is 5.29. The monoisotopic (exact) mass is 393 g/mol. The molecule has 0 fully saturated rings. The Morgan fingerprint density at radius 2 is 1.46 bits per heavy atom. The molecule has 4 nitrogen and oxygen atoms in total. The van der Waals surface area contributed by atoms with E-state index in [1.54, 1.807) is 13.8 Å². The van der Waals surface area contributed by atoms with Gasteiger partial charge in [-0.25, -0.2) is 26.7 Å². The fourth-order valence-electron chi connectivity index (χ4n) is 2.11. The maximum Gasteiger partial charge on any atom is 0.341 e. The summed E-state index contributed by atoms with van der Waals surface area (Å²) in [6, 6.07) is 0. The molecular formula is C16H12F5NO3S. The van der Waals surface area contributed by atoms with Crippen LogP contribution in [0.25, 0.3) is 0 Å². The Morgan fingerprint density at radius 3 is 1.96 bits per heavy atom. The highest BCUT2D eigenvalue weighted by atomic mass is 32.1. The second-order valence-corrected chi connectivity index (χ2v) is 6.52. The molecule has 0 saturated carbocycles. The first-order valence-corrected chi connectivity index (χ1v) is 7.92. The Morgan fingerprint density at radius 1 is 0.962 bits per heavy atom. The summed E-state index contributed by atoms with van der Waals surface area (Å²) in [5.41, 5.74) is -0.854. The van der Waals surface area contributed by atoms with Crippen molar-refractivity contribution in [1.82, 2.24) is 0 Å². The molecule has 0 atom stereocenters. The molecule has 10 heteroatoms. The zero-order valence-corrected chi connectivity index (χ0v) is 14.5. The SMILES string of the molecule is CC(=O)Nc1sc(C)c(C)c1C(=O)OCc1c(F)c(F)c(F)c(F)c1F. The Kier molecular flexibility index (Phi) is 5.65. The summed E-state index contributed by atoms with van der Waals surface area (Å²) in [5.74, 6) is -12.2. The first kappa shape index (κ1) is 19.8. The highest BCUT2D eigenvalue weighted by molar-refractivity contribution is 7.16. The van der Waals surface area contributed by atoms with E-state index >= 15 is 0 Å². The number of ether oxygens (including phenoxy) is 1. The van der Waals surface area contributed by atoms with Crippen LogP contribution in [0.5, 0.6) is 0 Å². The van der Waals surface area contributed by atoms with Crippen LogP contribution in [-0.2, 0) is 16.1 Å². The van der Waals surface area contributed by atoms with Gasteiger partial charge in [0, 0.05) is 11.8 Å². The van der Waals surface area contributed by atoms with Crippen molar-refractivity contribution in [1.29, 1.82) is 0 Å². The van der Waals surface area contributed by atoms with Crippen molar-refractivity contribution < 1.29 is 36.3 Å². The molecule has 0 radical (unpaired) electrons. The molecule has 26 heavy (non-hydrogen) atoms. The normalized spacial score (nSPS) is 10.8. The number of benzene rings is 1. The van der Waals surface area contributed by atoms with Crippen molar-refractivity contribution in [3.8, 4) is 0 Å². The third-order valence-corrected chi connectivity index (χ3v) is 4.65. The second kappa shape index (κ2) is 7.40. The maximum absolute atomic E-state index is 13.6. The Hall–Kier alpha value is -2.49. The van der Waals surface area contributed by atoms with Crippen molar-refractivity contribution in [2.45, 2.75) is 27.4 Å². The van der Waals surface area contributed by atoms with Gasteiger partial charge in [0.1, 0.15) is 11.6 Å². The van der Waals surface area contributed by atoms with E-state index in [9.17, 15) is 31.5 Å². The van der Waals surface area contributed by atoms with Gasteiger partial charge in [0.2, 0.25) is 11.7 Å². The molecule has 2 rings (SSSR count). The van der Waals surface area contributed by atoms with Gasteiger partial charge in [-0.3, -0.25) is 4.79 Å². The molecule has 140 valence electrons. The number of carbonyl (C=O) groups excluding carboxylic acids is 2. The van der Waals surface area contributed by atoms with E-state index in [-0.39, 0.29) is 10.6 Å². The van der Waals surface area contributed by atoms with Crippen LogP contribution in [-0.4, -0.2) is 11.9 Å². The molecule has 0 spiro atoms. The lowest BCUT2D eigenvalue weighted by molar-refractivity contribution is -0.114. The largest absolute Gasteiger partial charge is 0.457 e. The van der Waals surface area contributed by atoms with Crippen LogP contribution < -0.4 is 5.32 Å². The predicted molar refractivity (Wildman–Crippen MR) is 83.4 cm³/mol. The highest BCUT2D eigenvalue weighted by Crippen LogP contribution is 2.33. The van der Waals surface area contributed by atoms with Crippen molar-refractivity contribution in [3.63, 3.8) is 0 Å². The molecule has 0 unspecified atom stereocenters. The topological polar surface area (TPSA) is 55.4 Å². The van der Waals surface area contributed by atoms with E-state index in [4.69, 9.17) is 4.74 Å². The number of carbonyl (C=O) groups is 2. The lowest BCUT2D eigenvalue weighted by atomic mass is 10.1. The molecule has 1 amide bonds. The summed E-state index contributed by atoms with van der Waals surface area (Å²) in [7, 11) is 0. The summed E-state index contributed by atoms with van der Waals surface area (Å²) in [6.45, 7) is 3.28. The van der Waals surface area contributed by atoms with Crippen molar-refractivity contribution >= 4 is 28.2 Å². The molecule has 0 aliphatic carbocycles. The zero-order valence-electron chi connectivity index (χ0n) is 13.7. The van der Waals surface area contributed by atoms with Crippen molar-refractivity contribution in [3.05, 3.63) is 50.7 Å². The van der Waals surface area contributed by atoms with Gasteiger partial charge in [-0.05, 0) is 19.4 Å². The smallest absolute Gasteiger partial charge is 0.341 e. The highest BCUT2D eigenvalue weighted by Gasteiger charge is 2.27. The molecule has 0 aliphatic heterocycles. The lowest BCUT2D eigenvalue weighted by Crippen LogP contribution is -2.14. The van der Waals surface area contributed by atoms with E-state index in [1.807, 2.05) is 0 Å². The Bertz CT molecular complexity index is 881. The maximum atomic E-state index is 13.6. The van der Waals surface area contributed by atoms with Crippen LogP contribution in [0, 0.1) is 42.9 Å². The number of anilines is 1. The van der Waals surface area contributed by atoms with Gasteiger partial charge in [0.25, 0.3) is 0 Å². The van der Waals surface area contributed by atoms with Crippen molar-refractivity contribution in [2.75, 3.05) is 5.32 Å². The number of halogens is 5. The molecule has 1 aromatic carbocycles. The van der Waals surface area contributed by atoms with Crippen LogP contribution in [0.15, 0.2) is 0 Å². The summed E-state index contributed by atoms with van der Waals surface area (Å²) in [5, 5.41) is 2.59. The number of rotatable bonds is 4. The van der Waals surface area contributed by atoms with Crippen LogP contribution >= 0.6 is 11.3 Å². The molecule has 1 N–H and O–H groups in total. The van der Waals surface area contributed by atoms with Gasteiger partial charge < -0.3 is 10.1 Å². The Labute approximate surface area is 148 Å². The average molecular weight is 393 g/mol. The van der Waals surface area contributed by atoms with E-state index in [0.717, 1.165) is 11.3 Å². The van der Waals surface area contributed by atoms with Gasteiger partial charge in [0.15, 0.2) is 23.3 Å². The number of hydrogen-bond acceptors (Lipinski definition) is 4. The number of aryl methyl sites for hydroxylation is 1. The van der Waals surface area contributed by atoms with Gasteiger partial charge in [-0.2, -0.15) is 0 Å². The minimum absolute atomic E-state index is 0.0495.